The number of carbonyl (C=O) groups is 1. The molecule has 0 unspecified atom stereocenters. The average Bonchev–Trinajstić information content (AvgIpc) is 1.63. The highest BCUT2D eigenvalue weighted by Crippen LogP contribution is 2.05. The molecule has 0 spiro atoms. The highest BCUT2D eigenvalue weighted by molar-refractivity contribution is 5.56. The smallest absolute Gasteiger partial charge is 0.125 e. The molecule has 0 radical (unpaired) electrons. The molecule has 0 fully saturated rings. The largest absolute Gasteiger partial charge is 0.303 e. The minimum absolute atomic E-state index is 0.139. The molecule has 0 aliphatic heterocycles. The van der Waals surface area contributed by atoms with Crippen molar-refractivity contribution in [3.63, 3.8) is 0 Å². The summed E-state index contributed by atoms with van der Waals surface area (Å²) in [6, 6.07) is 0. The summed E-state index contributed by atoms with van der Waals surface area (Å²) >= 11 is 0. The van der Waals surface area contributed by atoms with E-state index in [1.54, 1.807) is 0 Å². The monoisotopic (exact) mass is 144 g/mol. The first-order chi connectivity index (χ1) is 4.29. The highest BCUT2D eigenvalue weighted by atomic mass is 16.1. The molecule has 0 aromatic rings. The van der Waals surface area contributed by atoms with Crippen molar-refractivity contribution in [2.24, 2.45) is 11.3 Å². The van der Waals surface area contributed by atoms with E-state index >= 15 is 0 Å². The lowest BCUT2D eigenvalue weighted by Crippen LogP contribution is -2.04. The van der Waals surface area contributed by atoms with E-state index in [0.717, 1.165) is 12.2 Å². The van der Waals surface area contributed by atoms with Gasteiger partial charge in [-0.25, -0.2) is 0 Å². The normalized spacial score (nSPS) is 10.3. The van der Waals surface area contributed by atoms with Gasteiger partial charge in [0.25, 0.3) is 0 Å². The number of hydrogen-bond donors (Lipinski definition) is 0. The average molecular weight is 144 g/mol. The van der Waals surface area contributed by atoms with Crippen LogP contribution in [0.25, 0.3) is 0 Å². The Balaban J connectivity index is 0. The first kappa shape index (κ1) is 12.4. The van der Waals surface area contributed by atoms with E-state index in [0.29, 0.717) is 0 Å². The van der Waals surface area contributed by atoms with Crippen LogP contribution >= 0.6 is 0 Å². The van der Waals surface area contributed by atoms with Gasteiger partial charge in [-0.3, -0.25) is 0 Å². The van der Waals surface area contributed by atoms with Crippen molar-refractivity contribution in [1.82, 2.24) is 0 Å². The summed E-state index contributed by atoms with van der Waals surface area (Å²) in [5.74, 6) is 0.833. The molecule has 0 aliphatic carbocycles. The zero-order chi connectivity index (χ0) is 8.78. The molecule has 0 amide bonds. The Hall–Kier alpha value is -0.330. The Labute approximate surface area is 64.8 Å². The van der Waals surface area contributed by atoms with E-state index in [-0.39, 0.29) is 5.41 Å². The summed E-state index contributed by atoms with van der Waals surface area (Å²) in [6.45, 7) is 12.1. The molecule has 10 heavy (non-hydrogen) atoms. The first-order valence-corrected chi connectivity index (χ1v) is 3.76. The molecule has 0 bridgehead atoms. The van der Waals surface area contributed by atoms with Crippen LogP contribution in [-0.4, -0.2) is 6.29 Å². The molecule has 0 saturated heterocycles. The van der Waals surface area contributed by atoms with Gasteiger partial charge in [-0.15, -0.1) is 0 Å². The molecule has 1 heteroatoms. The van der Waals surface area contributed by atoms with Gasteiger partial charge in [-0.05, 0) is 5.92 Å². The topological polar surface area (TPSA) is 17.1 Å². The summed E-state index contributed by atoms with van der Waals surface area (Å²) < 4.78 is 0. The molecule has 0 aromatic carbocycles. The highest BCUT2D eigenvalue weighted by Gasteiger charge is 2.04. The molecule has 1 nitrogen and oxygen atoms in total. The van der Waals surface area contributed by atoms with Crippen LogP contribution in [0, 0.1) is 11.3 Å². The van der Waals surface area contributed by atoms with Crippen molar-refractivity contribution in [1.29, 1.82) is 0 Å². The number of hydrogen-bond acceptors (Lipinski definition) is 1. The van der Waals surface area contributed by atoms with Crippen LogP contribution in [0.5, 0.6) is 0 Å². The molecule has 0 N–H and O–H groups in total. The van der Waals surface area contributed by atoms with Gasteiger partial charge in [-0.2, -0.15) is 0 Å². The van der Waals surface area contributed by atoms with Gasteiger partial charge in [0.2, 0.25) is 0 Å². The summed E-state index contributed by atoms with van der Waals surface area (Å²) in [6.07, 6.45) is 0.938. The number of aldehydes is 1. The van der Waals surface area contributed by atoms with Gasteiger partial charge in [0.05, 0.1) is 0 Å². The molecule has 0 saturated carbocycles. The van der Waals surface area contributed by atoms with Gasteiger partial charge in [0.1, 0.15) is 6.29 Å². The standard InChI is InChI=1S/C5H10O.C4H10/c1-5(2,3)4-6;1-4(2)3/h4H,1-3H3;4H,1-3H3. The summed E-state index contributed by atoms with van der Waals surface area (Å²) in [4.78, 5) is 9.83. The maximum atomic E-state index is 9.83. The molecular formula is C9H20O. The van der Waals surface area contributed by atoms with Crippen molar-refractivity contribution in [3.8, 4) is 0 Å². The van der Waals surface area contributed by atoms with Crippen LogP contribution in [0.3, 0.4) is 0 Å². The van der Waals surface area contributed by atoms with E-state index in [2.05, 4.69) is 20.8 Å². The molecular weight excluding hydrogens is 124 g/mol. The Morgan fingerprint density at radius 2 is 1.20 bits per heavy atom. The lowest BCUT2D eigenvalue weighted by molar-refractivity contribution is -0.113. The van der Waals surface area contributed by atoms with E-state index in [4.69, 9.17) is 0 Å². The quantitative estimate of drug-likeness (QED) is 0.478. The third-order valence-corrected chi connectivity index (χ3v) is 0.354. The van der Waals surface area contributed by atoms with E-state index in [1.165, 1.54) is 0 Å². The third-order valence-electron chi connectivity index (χ3n) is 0.354. The van der Waals surface area contributed by atoms with Gasteiger partial charge < -0.3 is 4.79 Å². The SMILES string of the molecule is CC(C)(C)C=O.CC(C)C. The van der Waals surface area contributed by atoms with Crippen LogP contribution < -0.4 is 0 Å². The zero-order valence-corrected chi connectivity index (χ0v) is 8.06. The summed E-state index contributed by atoms with van der Waals surface area (Å²) in [5, 5.41) is 0. The van der Waals surface area contributed by atoms with Crippen LogP contribution in [0.15, 0.2) is 0 Å². The van der Waals surface area contributed by atoms with Gasteiger partial charge in [0, 0.05) is 5.41 Å². The van der Waals surface area contributed by atoms with Crippen LogP contribution in [0.1, 0.15) is 41.5 Å². The maximum Gasteiger partial charge on any atom is 0.125 e. The van der Waals surface area contributed by atoms with Crippen molar-refractivity contribution in [2.45, 2.75) is 41.5 Å². The first-order valence-electron chi connectivity index (χ1n) is 3.76. The van der Waals surface area contributed by atoms with E-state index < -0.39 is 0 Å². The molecule has 0 heterocycles. The molecule has 0 atom stereocenters. The number of carbonyl (C=O) groups excluding carboxylic acids is 1. The van der Waals surface area contributed by atoms with E-state index in [9.17, 15) is 4.79 Å². The Bertz CT molecular complexity index is 74.5. The maximum absolute atomic E-state index is 9.83. The van der Waals surface area contributed by atoms with Gasteiger partial charge in [-0.1, -0.05) is 41.5 Å². The summed E-state index contributed by atoms with van der Waals surface area (Å²) in [5.41, 5.74) is -0.139. The molecule has 0 rings (SSSR count). The molecule has 0 aliphatic rings. The van der Waals surface area contributed by atoms with Crippen LogP contribution in [-0.2, 0) is 4.79 Å². The van der Waals surface area contributed by atoms with Gasteiger partial charge in [0.15, 0.2) is 0 Å². The second-order valence-corrected chi connectivity index (χ2v) is 4.22. The second kappa shape index (κ2) is 5.45. The van der Waals surface area contributed by atoms with Crippen molar-refractivity contribution in [3.05, 3.63) is 0 Å². The molecule has 0 aromatic heterocycles. The Morgan fingerprint density at radius 3 is 1.20 bits per heavy atom. The predicted octanol–water partition coefficient (Wildman–Crippen LogP) is 2.89. The van der Waals surface area contributed by atoms with Crippen LogP contribution in [0.2, 0.25) is 0 Å². The minimum atomic E-state index is -0.139. The van der Waals surface area contributed by atoms with Crippen LogP contribution in [0.4, 0.5) is 0 Å². The second-order valence-electron chi connectivity index (χ2n) is 4.22. The van der Waals surface area contributed by atoms with Gasteiger partial charge >= 0.3 is 0 Å². The fraction of sp³-hybridized carbons (Fsp3) is 0.889. The molecule has 62 valence electrons. The van der Waals surface area contributed by atoms with Crippen molar-refractivity contribution >= 4 is 6.29 Å². The minimum Gasteiger partial charge on any atom is -0.303 e. The predicted molar refractivity (Wildman–Crippen MR) is 46.0 cm³/mol. The van der Waals surface area contributed by atoms with Crippen molar-refractivity contribution in [2.75, 3.05) is 0 Å². The lowest BCUT2D eigenvalue weighted by atomic mass is 10.0. The van der Waals surface area contributed by atoms with E-state index in [1.807, 2.05) is 20.8 Å². The zero-order valence-electron chi connectivity index (χ0n) is 8.06. The fourth-order valence-electron chi connectivity index (χ4n) is 0. The van der Waals surface area contributed by atoms with Crippen molar-refractivity contribution < 1.29 is 4.79 Å². The summed E-state index contributed by atoms with van der Waals surface area (Å²) in [7, 11) is 0. The Kier molecular flexibility index (Phi) is 6.74. The number of rotatable bonds is 0. The fourth-order valence-corrected chi connectivity index (χ4v) is 0. The third kappa shape index (κ3) is 47.9. The Morgan fingerprint density at radius 1 is 1.10 bits per heavy atom. The lowest BCUT2D eigenvalue weighted by Gasteiger charge is -2.03.